The Morgan fingerprint density at radius 1 is 1.29 bits per heavy atom. The summed E-state index contributed by atoms with van der Waals surface area (Å²) < 4.78 is 0. The zero-order valence-electron chi connectivity index (χ0n) is 8.88. The molecule has 14 heavy (non-hydrogen) atoms. The average Bonchev–Trinajstić information content (AvgIpc) is 2.24. The summed E-state index contributed by atoms with van der Waals surface area (Å²) in [4.78, 5) is 0. The molecule has 0 aliphatic heterocycles. The zero-order valence-corrected chi connectivity index (χ0v) is 8.88. The molecule has 0 radical (unpaired) electrons. The molecular weight excluding hydrogens is 170 g/mol. The Morgan fingerprint density at radius 3 is 2.29 bits per heavy atom. The van der Waals surface area contributed by atoms with Gasteiger partial charge in [-0.1, -0.05) is 38.0 Å². The van der Waals surface area contributed by atoms with Gasteiger partial charge in [-0.2, -0.15) is 0 Å². The van der Waals surface area contributed by atoms with Crippen LogP contribution in [0.1, 0.15) is 32.3 Å². The smallest absolute Gasteiger partial charge is 0.0575 e. The van der Waals surface area contributed by atoms with Crippen LogP contribution in [0, 0.1) is 12.3 Å². The minimum Gasteiger partial charge on any atom is -0.398 e. The Morgan fingerprint density at radius 2 is 1.86 bits per heavy atom. The fourth-order valence-corrected chi connectivity index (χ4v) is 1.85. The molecular formula is C13H17N. The third kappa shape index (κ3) is 1.61. The van der Waals surface area contributed by atoms with Gasteiger partial charge in [0, 0.05) is 5.69 Å². The molecule has 0 aromatic heterocycles. The van der Waals surface area contributed by atoms with Gasteiger partial charge in [-0.15, -0.1) is 6.42 Å². The summed E-state index contributed by atoms with van der Waals surface area (Å²) in [5.74, 6) is 2.89. The van der Waals surface area contributed by atoms with Crippen molar-refractivity contribution in [1.82, 2.24) is 0 Å². The first kappa shape index (κ1) is 10.7. The van der Waals surface area contributed by atoms with Crippen LogP contribution < -0.4 is 5.73 Å². The number of rotatable bonds is 3. The van der Waals surface area contributed by atoms with Gasteiger partial charge in [0.15, 0.2) is 0 Å². The van der Waals surface area contributed by atoms with Crippen LogP contribution in [0.5, 0.6) is 0 Å². The Labute approximate surface area is 86.3 Å². The Kier molecular flexibility index (Phi) is 3.19. The molecule has 0 unspecified atom stereocenters. The van der Waals surface area contributed by atoms with Gasteiger partial charge in [0.1, 0.15) is 0 Å². The minimum atomic E-state index is -0.189. The van der Waals surface area contributed by atoms with Crippen LogP contribution in [-0.4, -0.2) is 0 Å². The van der Waals surface area contributed by atoms with E-state index >= 15 is 0 Å². The number of terminal acetylenes is 1. The molecule has 0 aliphatic carbocycles. The van der Waals surface area contributed by atoms with Gasteiger partial charge in [-0.3, -0.25) is 0 Å². The number of benzene rings is 1. The maximum absolute atomic E-state index is 5.94. The lowest BCUT2D eigenvalue weighted by molar-refractivity contribution is 0.520. The van der Waals surface area contributed by atoms with E-state index < -0.39 is 0 Å². The molecule has 0 atom stereocenters. The molecule has 0 aliphatic rings. The van der Waals surface area contributed by atoms with Crippen molar-refractivity contribution in [2.75, 3.05) is 5.73 Å². The molecule has 0 fully saturated rings. The normalized spacial score (nSPS) is 10.9. The van der Waals surface area contributed by atoms with Crippen molar-refractivity contribution in [1.29, 1.82) is 0 Å². The number of hydrogen-bond acceptors (Lipinski definition) is 1. The number of para-hydroxylation sites is 1. The van der Waals surface area contributed by atoms with Crippen LogP contribution >= 0.6 is 0 Å². The maximum Gasteiger partial charge on any atom is 0.0575 e. The molecule has 0 amide bonds. The van der Waals surface area contributed by atoms with E-state index in [0.717, 1.165) is 24.1 Å². The lowest BCUT2D eigenvalue weighted by atomic mass is 9.76. The number of anilines is 1. The van der Waals surface area contributed by atoms with Gasteiger partial charge in [-0.25, -0.2) is 0 Å². The first-order chi connectivity index (χ1) is 6.70. The summed E-state index contributed by atoms with van der Waals surface area (Å²) >= 11 is 0. The van der Waals surface area contributed by atoms with E-state index in [0.29, 0.717) is 0 Å². The summed E-state index contributed by atoms with van der Waals surface area (Å²) in [5.41, 5.74) is 7.64. The van der Waals surface area contributed by atoms with Gasteiger partial charge in [0.05, 0.1) is 5.41 Å². The Balaban J connectivity index is 3.26. The Hall–Kier alpha value is -1.42. The number of nitrogen functional groups attached to an aromatic ring is 1. The van der Waals surface area contributed by atoms with Crippen LogP contribution in [0.15, 0.2) is 24.3 Å². The second kappa shape index (κ2) is 4.19. The van der Waals surface area contributed by atoms with Crippen molar-refractivity contribution >= 4 is 5.69 Å². The van der Waals surface area contributed by atoms with Crippen molar-refractivity contribution < 1.29 is 0 Å². The topological polar surface area (TPSA) is 26.0 Å². The first-order valence-corrected chi connectivity index (χ1v) is 5.03. The predicted molar refractivity (Wildman–Crippen MR) is 61.9 cm³/mol. The quantitative estimate of drug-likeness (QED) is 0.571. The lowest BCUT2D eigenvalue weighted by Crippen LogP contribution is -2.23. The van der Waals surface area contributed by atoms with E-state index in [9.17, 15) is 0 Å². The molecule has 0 saturated carbocycles. The van der Waals surface area contributed by atoms with Gasteiger partial charge < -0.3 is 5.73 Å². The van der Waals surface area contributed by atoms with Crippen molar-refractivity contribution in [3.63, 3.8) is 0 Å². The highest BCUT2D eigenvalue weighted by Crippen LogP contribution is 2.34. The largest absolute Gasteiger partial charge is 0.398 e. The molecule has 1 nitrogen and oxygen atoms in total. The van der Waals surface area contributed by atoms with E-state index in [1.807, 2.05) is 24.3 Å². The van der Waals surface area contributed by atoms with Gasteiger partial charge in [0.2, 0.25) is 0 Å². The summed E-state index contributed by atoms with van der Waals surface area (Å²) in [6, 6.07) is 7.86. The fourth-order valence-electron chi connectivity index (χ4n) is 1.85. The van der Waals surface area contributed by atoms with Crippen molar-refractivity contribution in [2.24, 2.45) is 0 Å². The van der Waals surface area contributed by atoms with Crippen LogP contribution in [0.4, 0.5) is 5.69 Å². The minimum absolute atomic E-state index is 0.189. The van der Waals surface area contributed by atoms with E-state index in [2.05, 4.69) is 19.8 Å². The Bertz CT molecular complexity index is 342. The number of hydrogen-bond donors (Lipinski definition) is 1. The fraction of sp³-hybridized carbons (Fsp3) is 0.385. The maximum atomic E-state index is 5.94. The molecule has 0 bridgehead atoms. The van der Waals surface area contributed by atoms with Gasteiger partial charge in [-0.05, 0) is 24.5 Å². The van der Waals surface area contributed by atoms with Crippen molar-refractivity contribution in [3.8, 4) is 12.3 Å². The molecule has 0 spiro atoms. The van der Waals surface area contributed by atoms with Gasteiger partial charge in [0.25, 0.3) is 0 Å². The standard InChI is InChI=1S/C13H17N/c1-4-13(5-2,6-3)11-9-7-8-10-12(11)14/h1,7-10H,5-6,14H2,2-3H3. The molecule has 0 heterocycles. The highest BCUT2D eigenvalue weighted by molar-refractivity contribution is 5.53. The van der Waals surface area contributed by atoms with E-state index in [-0.39, 0.29) is 5.41 Å². The highest BCUT2D eigenvalue weighted by Gasteiger charge is 2.27. The SMILES string of the molecule is C#CC(CC)(CC)c1ccccc1N. The summed E-state index contributed by atoms with van der Waals surface area (Å²) in [5, 5.41) is 0. The lowest BCUT2D eigenvalue weighted by Gasteiger charge is -2.27. The van der Waals surface area contributed by atoms with E-state index in [4.69, 9.17) is 12.2 Å². The third-order valence-corrected chi connectivity index (χ3v) is 2.96. The zero-order chi connectivity index (χ0) is 10.6. The highest BCUT2D eigenvalue weighted by atomic mass is 14.6. The van der Waals surface area contributed by atoms with Crippen LogP contribution in [-0.2, 0) is 5.41 Å². The summed E-state index contributed by atoms with van der Waals surface area (Å²) in [7, 11) is 0. The molecule has 1 rings (SSSR count). The predicted octanol–water partition coefficient (Wildman–Crippen LogP) is 2.96. The third-order valence-electron chi connectivity index (χ3n) is 2.96. The average molecular weight is 187 g/mol. The van der Waals surface area contributed by atoms with E-state index in [1.54, 1.807) is 0 Å². The van der Waals surface area contributed by atoms with Crippen molar-refractivity contribution in [2.45, 2.75) is 32.1 Å². The van der Waals surface area contributed by atoms with Crippen LogP contribution in [0.25, 0.3) is 0 Å². The van der Waals surface area contributed by atoms with Gasteiger partial charge >= 0.3 is 0 Å². The molecule has 74 valence electrons. The molecule has 2 N–H and O–H groups in total. The monoisotopic (exact) mass is 187 g/mol. The number of nitrogens with two attached hydrogens (primary N) is 1. The molecule has 0 saturated heterocycles. The molecule has 1 aromatic carbocycles. The molecule has 1 heteroatoms. The summed E-state index contributed by atoms with van der Waals surface area (Å²) in [6.07, 6.45) is 7.47. The second-order valence-corrected chi connectivity index (χ2v) is 3.52. The van der Waals surface area contributed by atoms with Crippen LogP contribution in [0.2, 0.25) is 0 Å². The summed E-state index contributed by atoms with van der Waals surface area (Å²) in [6.45, 7) is 4.21. The first-order valence-electron chi connectivity index (χ1n) is 5.03. The van der Waals surface area contributed by atoms with Crippen molar-refractivity contribution in [3.05, 3.63) is 29.8 Å². The van der Waals surface area contributed by atoms with Crippen LogP contribution in [0.3, 0.4) is 0 Å². The second-order valence-electron chi connectivity index (χ2n) is 3.52. The molecule has 1 aromatic rings. The van der Waals surface area contributed by atoms with E-state index in [1.165, 1.54) is 0 Å².